The van der Waals surface area contributed by atoms with Crippen LogP contribution in [0.5, 0.6) is 5.75 Å². The van der Waals surface area contributed by atoms with Crippen molar-refractivity contribution < 1.29 is 14.3 Å². The topological polar surface area (TPSA) is 35.5 Å². The average molecular weight is 332 g/mol. The summed E-state index contributed by atoms with van der Waals surface area (Å²) in [7, 11) is 0. The Morgan fingerprint density at radius 2 is 1.96 bits per heavy atom. The molecule has 1 fully saturated rings. The highest BCUT2D eigenvalue weighted by Gasteiger charge is 2.34. The highest BCUT2D eigenvalue weighted by atomic mass is 16.6. The molecule has 1 aliphatic rings. The zero-order valence-corrected chi connectivity index (χ0v) is 15.6. The first-order valence-electron chi connectivity index (χ1n) is 9.37. The van der Waals surface area contributed by atoms with Crippen molar-refractivity contribution in [1.82, 2.24) is 0 Å². The quantitative estimate of drug-likeness (QED) is 0.620. The van der Waals surface area contributed by atoms with Gasteiger partial charge in [-0.15, -0.1) is 0 Å². The summed E-state index contributed by atoms with van der Waals surface area (Å²) >= 11 is 0. The molecule has 1 atom stereocenters. The zero-order valence-electron chi connectivity index (χ0n) is 15.6. The van der Waals surface area contributed by atoms with Gasteiger partial charge in [-0.05, 0) is 62.6 Å². The molecule has 0 bridgehead atoms. The molecule has 1 aliphatic carbocycles. The lowest BCUT2D eigenvalue weighted by atomic mass is 9.79. The van der Waals surface area contributed by atoms with Crippen molar-refractivity contribution in [2.75, 3.05) is 6.61 Å². The van der Waals surface area contributed by atoms with Crippen LogP contribution < -0.4 is 4.74 Å². The molecular formula is C21H32O3. The maximum atomic E-state index is 12.2. The SMILES string of the molecule is CCC(C)c1cccc(OCC(=O)OC(C)(C)C2CCCCC2)c1. The Bertz CT molecular complexity index is 530. The summed E-state index contributed by atoms with van der Waals surface area (Å²) in [5.41, 5.74) is 0.838. The van der Waals surface area contributed by atoms with Crippen molar-refractivity contribution in [3.05, 3.63) is 29.8 Å². The molecule has 24 heavy (non-hydrogen) atoms. The molecule has 0 radical (unpaired) electrons. The molecule has 0 amide bonds. The molecular weight excluding hydrogens is 300 g/mol. The summed E-state index contributed by atoms with van der Waals surface area (Å²) in [5.74, 6) is 1.41. The number of carbonyl (C=O) groups excluding carboxylic acids is 1. The molecule has 1 aromatic carbocycles. The van der Waals surface area contributed by atoms with Crippen molar-refractivity contribution >= 4 is 5.97 Å². The van der Waals surface area contributed by atoms with Crippen LogP contribution in [0, 0.1) is 5.92 Å². The van der Waals surface area contributed by atoms with Gasteiger partial charge in [0.1, 0.15) is 11.4 Å². The molecule has 2 rings (SSSR count). The van der Waals surface area contributed by atoms with E-state index in [0.717, 1.165) is 25.0 Å². The van der Waals surface area contributed by atoms with Crippen LogP contribution >= 0.6 is 0 Å². The van der Waals surface area contributed by atoms with Gasteiger partial charge in [-0.2, -0.15) is 0 Å². The number of benzene rings is 1. The number of hydrogen-bond donors (Lipinski definition) is 0. The minimum Gasteiger partial charge on any atom is -0.482 e. The molecule has 134 valence electrons. The molecule has 3 nitrogen and oxygen atoms in total. The molecule has 1 saturated carbocycles. The fourth-order valence-corrected chi connectivity index (χ4v) is 3.49. The van der Waals surface area contributed by atoms with Crippen molar-refractivity contribution in [2.24, 2.45) is 5.92 Å². The number of esters is 1. The van der Waals surface area contributed by atoms with Crippen LogP contribution in [0.4, 0.5) is 0 Å². The Hall–Kier alpha value is -1.51. The monoisotopic (exact) mass is 332 g/mol. The van der Waals surface area contributed by atoms with Crippen LogP contribution in [0.3, 0.4) is 0 Å². The summed E-state index contributed by atoms with van der Waals surface area (Å²) in [6.45, 7) is 8.40. The summed E-state index contributed by atoms with van der Waals surface area (Å²) < 4.78 is 11.4. The summed E-state index contributed by atoms with van der Waals surface area (Å²) in [4.78, 5) is 12.2. The predicted octanol–water partition coefficient (Wildman–Crippen LogP) is 5.48. The van der Waals surface area contributed by atoms with E-state index in [-0.39, 0.29) is 12.6 Å². The molecule has 1 unspecified atom stereocenters. The van der Waals surface area contributed by atoms with Gasteiger partial charge in [0.25, 0.3) is 0 Å². The fourth-order valence-electron chi connectivity index (χ4n) is 3.49. The van der Waals surface area contributed by atoms with Crippen molar-refractivity contribution in [3.8, 4) is 5.75 Å². The predicted molar refractivity (Wildman–Crippen MR) is 97.4 cm³/mol. The molecule has 3 heteroatoms. The van der Waals surface area contributed by atoms with Gasteiger partial charge in [-0.25, -0.2) is 4.79 Å². The normalized spacial score (nSPS) is 17.3. The lowest BCUT2D eigenvalue weighted by Crippen LogP contribution is -2.39. The first-order chi connectivity index (χ1) is 11.4. The second kappa shape index (κ2) is 8.55. The van der Waals surface area contributed by atoms with E-state index in [1.807, 2.05) is 32.0 Å². The first-order valence-corrected chi connectivity index (χ1v) is 9.37. The first kappa shape index (κ1) is 18.8. The van der Waals surface area contributed by atoms with E-state index in [2.05, 4.69) is 19.9 Å². The fraction of sp³-hybridized carbons (Fsp3) is 0.667. The zero-order chi connectivity index (χ0) is 17.6. The van der Waals surface area contributed by atoms with Gasteiger partial charge >= 0.3 is 5.97 Å². The van der Waals surface area contributed by atoms with Crippen LogP contribution in [-0.4, -0.2) is 18.2 Å². The van der Waals surface area contributed by atoms with E-state index in [9.17, 15) is 4.79 Å². The van der Waals surface area contributed by atoms with Gasteiger partial charge in [-0.3, -0.25) is 0 Å². The van der Waals surface area contributed by atoms with Crippen LogP contribution in [0.15, 0.2) is 24.3 Å². The van der Waals surface area contributed by atoms with Crippen molar-refractivity contribution in [3.63, 3.8) is 0 Å². The van der Waals surface area contributed by atoms with Gasteiger partial charge in [0, 0.05) is 0 Å². The van der Waals surface area contributed by atoms with Crippen LogP contribution in [-0.2, 0) is 9.53 Å². The van der Waals surface area contributed by atoms with Gasteiger partial charge in [0.05, 0.1) is 0 Å². The van der Waals surface area contributed by atoms with E-state index in [4.69, 9.17) is 9.47 Å². The van der Waals surface area contributed by atoms with Crippen molar-refractivity contribution in [2.45, 2.75) is 77.7 Å². The number of rotatable bonds is 7. The van der Waals surface area contributed by atoms with E-state index in [1.165, 1.54) is 24.8 Å². The van der Waals surface area contributed by atoms with Crippen LogP contribution in [0.2, 0.25) is 0 Å². The molecule has 0 heterocycles. The molecule has 0 aromatic heterocycles. The lowest BCUT2D eigenvalue weighted by molar-refractivity contribution is -0.165. The Morgan fingerprint density at radius 1 is 1.25 bits per heavy atom. The third-order valence-electron chi connectivity index (χ3n) is 5.36. The second-order valence-corrected chi connectivity index (χ2v) is 7.58. The average Bonchev–Trinajstić information content (AvgIpc) is 2.60. The maximum Gasteiger partial charge on any atom is 0.344 e. The Kier molecular flexibility index (Phi) is 6.70. The highest BCUT2D eigenvalue weighted by Crippen LogP contribution is 2.34. The highest BCUT2D eigenvalue weighted by molar-refractivity contribution is 5.71. The Labute approximate surface area is 146 Å². The van der Waals surface area contributed by atoms with Gasteiger partial charge < -0.3 is 9.47 Å². The molecule has 0 aliphatic heterocycles. The maximum absolute atomic E-state index is 12.2. The summed E-state index contributed by atoms with van der Waals surface area (Å²) in [6.07, 6.45) is 7.17. The number of hydrogen-bond acceptors (Lipinski definition) is 3. The van der Waals surface area contributed by atoms with Gasteiger partial charge in [0.15, 0.2) is 6.61 Å². The van der Waals surface area contributed by atoms with Gasteiger partial charge in [0.2, 0.25) is 0 Å². The second-order valence-electron chi connectivity index (χ2n) is 7.58. The Balaban J connectivity index is 1.86. The van der Waals surface area contributed by atoms with E-state index in [1.54, 1.807) is 0 Å². The van der Waals surface area contributed by atoms with Crippen LogP contribution in [0.1, 0.15) is 77.7 Å². The summed E-state index contributed by atoms with van der Waals surface area (Å²) in [5, 5.41) is 0. The molecule has 0 N–H and O–H groups in total. The Morgan fingerprint density at radius 3 is 2.62 bits per heavy atom. The third kappa shape index (κ3) is 5.25. The van der Waals surface area contributed by atoms with E-state index < -0.39 is 5.60 Å². The standard InChI is InChI=1S/C21H32O3/c1-5-16(2)17-10-9-13-19(14-17)23-15-20(22)24-21(3,4)18-11-7-6-8-12-18/h9-10,13-14,16,18H,5-8,11-12,15H2,1-4H3. The molecule has 0 saturated heterocycles. The third-order valence-corrected chi connectivity index (χ3v) is 5.36. The minimum absolute atomic E-state index is 0.0277. The largest absolute Gasteiger partial charge is 0.482 e. The lowest BCUT2D eigenvalue weighted by Gasteiger charge is -2.36. The van der Waals surface area contributed by atoms with Gasteiger partial charge in [-0.1, -0.05) is 45.2 Å². The van der Waals surface area contributed by atoms with E-state index >= 15 is 0 Å². The number of ether oxygens (including phenoxy) is 2. The van der Waals surface area contributed by atoms with Crippen molar-refractivity contribution in [1.29, 1.82) is 0 Å². The summed E-state index contributed by atoms with van der Waals surface area (Å²) in [6, 6.07) is 8.00. The molecule has 1 aromatic rings. The smallest absolute Gasteiger partial charge is 0.344 e. The van der Waals surface area contributed by atoms with E-state index in [0.29, 0.717) is 11.8 Å². The van der Waals surface area contributed by atoms with Crippen LogP contribution in [0.25, 0.3) is 0 Å². The molecule has 0 spiro atoms. The number of carbonyl (C=O) groups is 1. The minimum atomic E-state index is -0.403.